The Hall–Kier alpha value is -0.820. The van der Waals surface area contributed by atoms with Gasteiger partial charge in [0.2, 0.25) is 0 Å². The van der Waals surface area contributed by atoms with Crippen molar-refractivity contribution in [3.8, 4) is 0 Å². The van der Waals surface area contributed by atoms with Crippen molar-refractivity contribution in [1.29, 1.82) is 0 Å². The number of fused-ring (bicyclic) bond motifs is 5. The SMILES string of the molecule is C=C.C=C.CC(C)CCCC(C)[C@H]1CC[C@H]2[C@@H]3CC=C4C[C@@H](O)CC[C@]4(C)[C@H]3CC[C@]12C. The molecule has 1 nitrogen and oxygen atoms in total. The van der Waals surface area contributed by atoms with Gasteiger partial charge in [-0.05, 0) is 97.7 Å². The van der Waals surface area contributed by atoms with Gasteiger partial charge in [0.25, 0.3) is 0 Å². The summed E-state index contributed by atoms with van der Waals surface area (Å²) >= 11 is 0. The largest absolute Gasteiger partial charge is 0.393 e. The highest BCUT2D eigenvalue weighted by atomic mass is 16.3. The fourth-order valence-electron chi connectivity index (χ4n) is 8.67. The van der Waals surface area contributed by atoms with E-state index in [4.69, 9.17) is 0 Å². The predicted octanol–water partition coefficient (Wildman–Crippen LogP) is 8.99. The monoisotopic (exact) mass is 442 g/mol. The molecule has 1 N–H and O–H groups in total. The molecule has 0 spiro atoms. The highest BCUT2D eigenvalue weighted by Gasteiger charge is 2.59. The zero-order chi connectivity index (χ0) is 24.1. The van der Waals surface area contributed by atoms with E-state index in [2.05, 4.69) is 67.0 Å². The van der Waals surface area contributed by atoms with Crippen molar-refractivity contribution in [3.63, 3.8) is 0 Å². The van der Waals surface area contributed by atoms with Crippen molar-refractivity contribution in [2.45, 2.75) is 111 Å². The Morgan fingerprint density at radius 1 is 0.938 bits per heavy atom. The van der Waals surface area contributed by atoms with Crippen LogP contribution in [0.25, 0.3) is 0 Å². The Labute approximate surface area is 200 Å². The van der Waals surface area contributed by atoms with Crippen LogP contribution in [0.15, 0.2) is 38.0 Å². The summed E-state index contributed by atoms with van der Waals surface area (Å²) in [6, 6.07) is 0. The fraction of sp³-hybridized carbons (Fsp3) is 0.806. The minimum atomic E-state index is -0.0766. The molecule has 0 aliphatic heterocycles. The number of aliphatic hydroxyl groups is 1. The molecule has 0 radical (unpaired) electrons. The normalized spacial score (nSPS) is 41.0. The number of allylic oxidation sites excluding steroid dienone is 1. The summed E-state index contributed by atoms with van der Waals surface area (Å²) in [7, 11) is 0. The first kappa shape index (κ1) is 27.4. The maximum absolute atomic E-state index is 10.2. The summed E-state index contributed by atoms with van der Waals surface area (Å²) < 4.78 is 0. The van der Waals surface area contributed by atoms with Crippen molar-refractivity contribution < 1.29 is 5.11 Å². The summed E-state index contributed by atoms with van der Waals surface area (Å²) in [5.41, 5.74) is 2.60. The second-order valence-electron chi connectivity index (χ2n) is 12.2. The standard InChI is InChI=1S/C27H46O.2C2H4/c1-18(2)7-6-8-19(3)23-11-12-24-22-10-9-20-17-21(28)13-15-26(20,4)25(22)14-16-27(23,24)5;2*1-2/h9,18-19,21-25,28H,6-8,10-17H2,1-5H3;2*1-2H2/t19?,21-,22-,23+,24-,25-,26-,27+;;/m0../s1. The van der Waals surface area contributed by atoms with Gasteiger partial charge in [0.15, 0.2) is 0 Å². The minimum absolute atomic E-state index is 0.0766. The molecule has 0 bridgehead atoms. The van der Waals surface area contributed by atoms with Crippen LogP contribution in [-0.4, -0.2) is 11.2 Å². The molecule has 1 heteroatoms. The first-order valence-electron chi connectivity index (χ1n) is 13.6. The molecule has 0 saturated heterocycles. The Morgan fingerprint density at radius 2 is 1.62 bits per heavy atom. The van der Waals surface area contributed by atoms with Crippen LogP contribution >= 0.6 is 0 Å². The zero-order valence-corrected chi connectivity index (χ0v) is 22.2. The van der Waals surface area contributed by atoms with Crippen LogP contribution < -0.4 is 0 Å². The van der Waals surface area contributed by atoms with Gasteiger partial charge in [-0.15, -0.1) is 26.3 Å². The van der Waals surface area contributed by atoms with Crippen LogP contribution in [0, 0.1) is 46.3 Å². The molecule has 0 aromatic carbocycles. The van der Waals surface area contributed by atoms with Crippen LogP contribution in [0.2, 0.25) is 0 Å². The Balaban J connectivity index is 0.000000860. The Kier molecular flexibility index (Phi) is 9.89. The van der Waals surface area contributed by atoms with Crippen LogP contribution in [-0.2, 0) is 0 Å². The van der Waals surface area contributed by atoms with Crippen LogP contribution in [0.1, 0.15) is 105 Å². The topological polar surface area (TPSA) is 20.2 Å². The molecular weight excluding hydrogens is 388 g/mol. The molecule has 3 fully saturated rings. The van der Waals surface area contributed by atoms with Gasteiger partial charge in [-0.25, -0.2) is 0 Å². The van der Waals surface area contributed by atoms with E-state index in [1.54, 1.807) is 5.57 Å². The van der Waals surface area contributed by atoms with Gasteiger partial charge in [-0.2, -0.15) is 0 Å². The van der Waals surface area contributed by atoms with Gasteiger partial charge in [0.1, 0.15) is 0 Å². The quantitative estimate of drug-likeness (QED) is 0.421. The average Bonchev–Trinajstić information content (AvgIpc) is 3.14. The van der Waals surface area contributed by atoms with E-state index < -0.39 is 0 Å². The first-order valence-corrected chi connectivity index (χ1v) is 13.6. The van der Waals surface area contributed by atoms with E-state index in [1.165, 1.54) is 57.8 Å². The second-order valence-corrected chi connectivity index (χ2v) is 12.2. The van der Waals surface area contributed by atoms with E-state index >= 15 is 0 Å². The first-order chi connectivity index (χ1) is 15.3. The van der Waals surface area contributed by atoms with Crippen LogP contribution in [0.5, 0.6) is 0 Å². The molecule has 0 amide bonds. The molecule has 0 aromatic heterocycles. The molecule has 4 aliphatic carbocycles. The lowest BCUT2D eigenvalue weighted by atomic mass is 9.47. The molecule has 1 unspecified atom stereocenters. The number of hydrogen-bond donors (Lipinski definition) is 1. The minimum Gasteiger partial charge on any atom is -0.393 e. The van der Waals surface area contributed by atoms with Gasteiger partial charge in [0, 0.05) is 0 Å². The number of hydrogen-bond acceptors (Lipinski definition) is 1. The Morgan fingerprint density at radius 3 is 2.28 bits per heavy atom. The fourth-order valence-corrected chi connectivity index (χ4v) is 8.67. The van der Waals surface area contributed by atoms with Gasteiger partial charge in [-0.3, -0.25) is 0 Å². The molecule has 8 atom stereocenters. The van der Waals surface area contributed by atoms with Gasteiger partial charge in [0.05, 0.1) is 6.10 Å². The molecule has 3 saturated carbocycles. The average molecular weight is 443 g/mol. The van der Waals surface area contributed by atoms with Crippen LogP contribution in [0.4, 0.5) is 0 Å². The molecular formula is C31H54O. The number of rotatable bonds is 5. The molecule has 4 rings (SSSR count). The third-order valence-electron chi connectivity index (χ3n) is 10.3. The Bertz CT molecular complexity index is 618. The van der Waals surface area contributed by atoms with E-state index in [-0.39, 0.29) is 6.10 Å². The van der Waals surface area contributed by atoms with Crippen molar-refractivity contribution in [1.82, 2.24) is 0 Å². The highest BCUT2D eigenvalue weighted by molar-refractivity contribution is 5.25. The third kappa shape index (κ3) is 5.13. The molecule has 32 heavy (non-hydrogen) atoms. The predicted molar refractivity (Wildman–Crippen MR) is 142 cm³/mol. The maximum Gasteiger partial charge on any atom is 0.0577 e. The lowest BCUT2D eigenvalue weighted by Crippen LogP contribution is -2.50. The van der Waals surface area contributed by atoms with Gasteiger partial charge >= 0.3 is 0 Å². The smallest absolute Gasteiger partial charge is 0.0577 e. The summed E-state index contributed by atoms with van der Waals surface area (Å²) in [5.74, 6) is 5.46. The van der Waals surface area contributed by atoms with E-state index in [1.807, 2.05) is 0 Å². The molecule has 0 heterocycles. The lowest BCUT2D eigenvalue weighted by Gasteiger charge is -2.58. The van der Waals surface area contributed by atoms with E-state index in [0.717, 1.165) is 48.3 Å². The van der Waals surface area contributed by atoms with Crippen molar-refractivity contribution in [2.24, 2.45) is 46.3 Å². The zero-order valence-electron chi connectivity index (χ0n) is 22.2. The van der Waals surface area contributed by atoms with Gasteiger partial charge in [-0.1, -0.05) is 65.5 Å². The van der Waals surface area contributed by atoms with E-state index in [9.17, 15) is 5.11 Å². The van der Waals surface area contributed by atoms with Crippen LogP contribution in [0.3, 0.4) is 0 Å². The summed E-state index contributed by atoms with van der Waals surface area (Å²) in [6.07, 6.45) is 17.2. The summed E-state index contributed by atoms with van der Waals surface area (Å²) in [4.78, 5) is 0. The van der Waals surface area contributed by atoms with Crippen molar-refractivity contribution >= 4 is 0 Å². The number of aliphatic hydroxyl groups excluding tert-OH is 1. The highest BCUT2D eigenvalue weighted by Crippen LogP contribution is 2.67. The van der Waals surface area contributed by atoms with E-state index in [0.29, 0.717) is 10.8 Å². The lowest BCUT2D eigenvalue weighted by molar-refractivity contribution is -0.0573. The van der Waals surface area contributed by atoms with Crippen molar-refractivity contribution in [2.75, 3.05) is 0 Å². The third-order valence-corrected chi connectivity index (χ3v) is 10.3. The van der Waals surface area contributed by atoms with Crippen molar-refractivity contribution in [3.05, 3.63) is 38.0 Å². The molecule has 4 aliphatic rings. The maximum atomic E-state index is 10.2. The molecule has 184 valence electrons. The summed E-state index contributed by atoms with van der Waals surface area (Å²) in [6.45, 7) is 24.6. The molecule has 0 aromatic rings. The van der Waals surface area contributed by atoms with Gasteiger partial charge < -0.3 is 5.11 Å². The second kappa shape index (κ2) is 11.5. The summed E-state index contributed by atoms with van der Waals surface area (Å²) in [5, 5.41) is 10.2.